The monoisotopic (exact) mass is 384 g/mol. The number of hydrogen-bond donors (Lipinski definition) is 0. The minimum atomic E-state index is -6.09. The molecule has 0 amide bonds. The highest BCUT2D eigenvalue weighted by molar-refractivity contribution is 7.98. The van der Waals surface area contributed by atoms with Gasteiger partial charge in [0.1, 0.15) is 6.26 Å². The van der Waals surface area contributed by atoms with Gasteiger partial charge in [0, 0.05) is 6.07 Å². The third-order valence-electron chi connectivity index (χ3n) is 2.72. The molecule has 128 valence electrons. The summed E-state index contributed by atoms with van der Waals surface area (Å²) in [5, 5.41) is 2.28. The second kappa shape index (κ2) is 8.18. The molecule has 2 aromatic rings. The molecule has 9 heteroatoms. The summed E-state index contributed by atoms with van der Waals surface area (Å²) >= 11 is 1.89. The normalized spacial score (nSPS) is 13.1. The summed E-state index contributed by atoms with van der Waals surface area (Å²) in [7, 11) is -5.85. The van der Waals surface area contributed by atoms with Gasteiger partial charge in [-0.05, 0) is 29.5 Å². The van der Waals surface area contributed by atoms with Crippen molar-refractivity contribution in [1.29, 1.82) is 0 Å². The predicted octanol–water partition coefficient (Wildman–Crippen LogP) is 4.03. The summed E-state index contributed by atoms with van der Waals surface area (Å²) in [6, 6.07) is 13.1. The lowest BCUT2D eigenvalue weighted by atomic mass is 10.3. The van der Waals surface area contributed by atoms with Gasteiger partial charge in [-0.3, -0.25) is 0 Å². The first-order valence-electron chi connectivity index (χ1n) is 6.36. The summed E-state index contributed by atoms with van der Waals surface area (Å²) in [5.74, 6) is 0. The molecule has 0 spiro atoms. The second-order valence-electron chi connectivity index (χ2n) is 4.35. The molecule has 0 saturated carbocycles. The molecule has 0 fully saturated rings. The van der Waals surface area contributed by atoms with Crippen molar-refractivity contribution >= 4 is 32.3 Å². The molecular formula is C14H15F3O3S3. The fraction of sp³-hybridized carbons (Fsp3) is 0.286. The van der Waals surface area contributed by atoms with Gasteiger partial charge in [-0.2, -0.15) is 13.2 Å². The molecule has 0 aliphatic carbocycles. The van der Waals surface area contributed by atoms with Crippen molar-refractivity contribution in [3.8, 4) is 0 Å². The van der Waals surface area contributed by atoms with Crippen LogP contribution >= 0.6 is 11.3 Å². The van der Waals surface area contributed by atoms with E-state index in [0.717, 1.165) is 6.42 Å². The van der Waals surface area contributed by atoms with E-state index in [9.17, 15) is 13.2 Å². The standard InChI is InChI=1S/C13H15S2.CHF3O3S/c1-3-11-9-13(14-10-11)15(2)12-7-5-4-6-8-12;2-1(3,4)8(5,6)7/h4-10H,3H2,1-2H3;(H,5,6,7)/q+1;/p-1. The molecule has 2 rings (SSSR count). The molecule has 0 aliphatic heterocycles. The third kappa shape index (κ3) is 6.17. The predicted molar refractivity (Wildman–Crippen MR) is 85.7 cm³/mol. The van der Waals surface area contributed by atoms with E-state index in [1.165, 1.54) is 14.7 Å². The van der Waals surface area contributed by atoms with Crippen molar-refractivity contribution in [3.63, 3.8) is 0 Å². The Hall–Kier alpha value is -1.03. The average Bonchev–Trinajstić information content (AvgIpc) is 2.95. The van der Waals surface area contributed by atoms with Crippen LogP contribution in [0.2, 0.25) is 0 Å². The van der Waals surface area contributed by atoms with Gasteiger partial charge in [-0.25, -0.2) is 8.42 Å². The molecule has 0 bridgehead atoms. The lowest BCUT2D eigenvalue weighted by molar-refractivity contribution is -0.0517. The molecule has 1 unspecified atom stereocenters. The Labute approximate surface area is 140 Å². The van der Waals surface area contributed by atoms with E-state index >= 15 is 0 Å². The zero-order valence-electron chi connectivity index (χ0n) is 12.3. The molecule has 3 nitrogen and oxygen atoms in total. The highest BCUT2D eigenvalue weighted by atomic mass is 32.2. The number of thiophene rings is 1. The van der Waals surface area contributed by atoms with Crippen LogP contribution in [-0.4, -0.2) is 24.7 Å². The van der Waals surface area contributed by atoms with Crippen molar-refractivity contribution in [2.75, 3.05) is 6.26 Å². The van der Waals surface area contributed by atoms with Crippen LogP contribution in [0.4, 0.5) is 13.2 Å². The maximum Gasteiger partial charge on any atom is 0.485 e. The van der Waals surface area contributed by atoms with Gasteiger partial charge in [-0.15, -0.1) is 0 Å². The van der Waals surface area contributed by atoms with Crippen LogP contribution in [-0.2, 0) is 27.4 Å². The van der Waals surface area contributed by atoms with Gasteiger partial charge < -0.3 is 4.55 Å². The van der Waals surface area contributed by atoms with E-state index in [2.05, 4.69) is 55.0 Å². The Kier molecular flexibility index (Phi) is 7.12. The Bertz CT molecular complexity index is 710. The van der Waals surface area contributed by atoms with Crippen molar-refractivity contribution in [1.82, 2.24) is 0 Å². The molecule has 1 heterocycles. The fourth-order valence-electron chi connectivity index (χ4n) is 1.44. The Morgan fingerprint density at radius 1 is 1.22 bits per heavy atom. The molecule has 23 heavy (non-hydrogen) atoms. The molecule has 1 atom stereocenters. The van der Waals surface area contributed by atoms with E-state index in [0.29, 0.717) is 0 Å². The Balaban J connectivity index is 0.000000284. The average molecular weight is 384 g/mol. The molecule has 1 aromatic heterocycles. The zero-order chi connectivity index (χ0) is 17.7. The van der Waals surface area contributed by atoms with E-state index in [-0.39, 0.29) is 10.9 Å². The topological polar surface area (TPSA) is 57.2 Å². The van der Waals surface area contributed by atoms with Crippen molar-refractivity contribution in [2.45, 2.75) is 28.0 Å². The van der Waals surface area contributed by atoms with Crippen LogP contribution in [0.25, 0.3) is 0 Å². The molecule has 0 N–H and O–H groups in total. The largest absolute Gasteiger partial charge is 0.741 e. The third-order valence-corrected chi connectivity index (χ3v) is 6.80. The quantitative estimate of drug-likeness (QED) is 0.456. The fourth-order valence-corrected chi connectivity index (χ4v) is 4.30. The van der Waals surface area contributed by atoms with Crippen LogP contribution in [0.5, 0.6) is 0 Å². The number of hydrogen-bond acceptors (Lipinski definition) is 4. The first-order chi connectivity index (χ1) is 10.6. The summed E-state index contributed by atoms with van der Waals surface area (Å²) < 4.78 is 60.4. The van der Waals surface area contributed by atoms with E-state index in [1.807, 2.05) is 11.3 Å². The molecule has 0 saturated heterocycles. The van der Waals surface area contributed by atoms with Gasteiger partial charge in [0.15, 0.2) is 15.0 Å². The summed E-state index contributed by atoms with van der Waals surface area (Å²) in [6.07, 6.45) is 3.45. The molecular weight excluding hydrogens is 369 g/mol. The Morgan fingerprint density at radius 2 is 1.74 bits per heavy atom. The molecule has 1 aromatic carbocycles. The highest BCUT2D eigenvalue weighted by Crippen LogP contribution is 2.27. The van der Waals surface area contributed by atoms with Crippen molar-refractivity contribution in [3.05, 3.63) is 47.3 Å². The van der Waals surface area contributed by atoms with Crippen LogP contribution in [0, 0.1) is 0 Å². The van der Waals surface area contributed by atoms with Gasteiger partial charge in [0.05, 0.1) is 10.9 Å². The van der Waals surface area contributed by atoms with Gasteiger partial charge in [-0.1, -0.05) is 36.5 Å². The SMILES string of the molecule is CCc1csc([S+](C)c2ccccc2)c1.O=S(=O)([O-])C(F)(F)F. The molecule has 0 aliphatic rings. The van der Waals surface area contributed by atoms with E-state index in [1.54, 1.807) is 0 Å². The van der Waals surface area contributed by atoms with Crippen molar-refractivity contribution < 1.29 is 26.1 Å². The van der Waals surface area contributed by atoms with E-state index < -0.39 is 15.6 Å². The zero-order valence-corrected chi connectivity index (χ0v) is 14.8. The minimum Gasteiger partial charge on any atom is -0.741 e. The van der Waals surface area contributed by atoms with Crippen LogP contribution < -0.4 is 0 Å². The number of alkyl halides is 3. The highest BCUT2D eigenvalue weighted by Gasteiger charge is 2.36. The number of rotatable bonds is 3. The first-order valence-corrected chi connectivity index (χ1v) is 10.3. The van der Waals surface area contributed by atoms with Gasteiger partial charge in [0.25, 0.3) is 0 Å². The maximum absolute atomic E-state index is 10.7. The second-order valence-corrected chi connectivity index (χ2v) is 8.82. The lowest BCUT2D eigenvalue weighted by Gasteiger charge is -2.08. The van der Waals surface area contributed by atoms with Gasteiger partial charge in [0.2, 0.25) is 4.21 Å². The number of aryl methyl sites for hydroxylation is 1. The van der Waals surface area contributed by atoms with Crippen molar-refractivity contribution in [2.24, 2.45) is 0 Å². The van der Waals surface area contributed by atoms with E-state index in [4.69, 9.17) is 13.0 Å². The van der Waals surface area contributed by atoms with Crippen LogP contribution in [0.15, 0.2) is 50.9 Å². The molecule has 0 radical (unpaired) electrons. The summed E-state index contributed by atoms with van der Waals surface area (Å²) in [5.41, 5.74) is -4.18. The number of halogens is 3. The Morgan fingerprint density at radius 3 is 2.13 bits per heavy atom. The first kappa shape index (κ1) is 20.0. The number of benzene rings is 1. The van der Waals surface area contributed by atoms with Gasteiger partial charge >= 0.3 is 5.51 Å². The maximum atomic E-state index is 10.7. The van der Waals surface area contributed by atoms with Crippen LogP contribution in [0.1, 0.15) is 12.5 Å². The minimum absolute atomic E-state index is 0.241. The smallest absolute Gasteiger partial charge is 0.485 e. The summed E-state index contributed by atoms with van der Waals surface area (Å²) in [6.45, 7) is 2.21. The van der Waals surface area contributed by atoms with Crippen LogP contribution in [0.3, 0.4) is 0 Å². The lowest BCUT2D eigenvalue weighted by Crippen LogP contribution is -2.21. The summed E-state index contributed by atoms with van der Waals surface area (Å²) in [4.78, 5) is 1.43.